The number of carbonyl (C=O) groups excluding carboxylic acids is 1. The Bertz CT molecular complexity index is 656. The van der Waals surface area contributed by atoms with Gasteiger partial charge in [0.25, 0.3) is 5.91 Å². The highest BCUT2D eigenvalue weighted by Crippen LogP contribution is 2.40. The molecule has 110 valence electrons. The average Bonchev–Trinajstić information content (AvgIpc) is 3.19. The number of benzene rings is 1. The van der Waals surface area contributed by atoms with E-state index in [4.69, 9.17) is 0 Å². The van der Waals surface area contributed by atoms with Gasteiger partial charge in [-0.05, 0) is 31.0 Å². The SMILES string of the molecule is O=C(Nc1nc(C2CC2)cs1)c1cccc(OC(F)F)c1. The second-order valence-corrected chi connectivity index (χ2v) is 5.57. The summed E-state index contributed by atoms with van der Waals surface area (Å²) >= 11 is 1.36. The monoisotopic (exact) mass is 310 g/mol. The maximum atomic E-state index is 12.2. The molecule has 21 heavy (non-hydrogen) atoms. The molecule has 1 N–H and O–H groups in total. The largest absolute Gasteiger partial charge is 0.435 e. The molecular formula is C14H12F2N2O2S. The van der Waals surface area contributed by atoms with E-state index in [1.165, 1.54) is 35.6 Å². The maximum absolute atomic E-state index is 12.2. The van der Waals surface area contributed by atoms with E-state index in [1.807, 2.05) is 5.38 Å². The summed E-state index contributed by atoms with van der Waals surface area (Å²) < 4.78 is 28.6. The van der Waals surface area contributed by atoms with E-state index < -0.39 is 12.5 Å². The normalized spacial score (nSPS) is 14.2. The first kappa shape index (κ1) is 13.9. The van der Waals surface area contributed by atoms with Crippen LogP contribution in [0.15, 0.2) is 29.6 Å². The van der Waals surface area contributed by atoms with Gasteiger partial charge in [-0.15, -0.1) is 11.3 Å². The van der Waals surface area contributed by atoms with Gasteiger partial charge in [0.15, 0.2) is 5.13 Å². The first-order chi connectivity index (χ1) is 10.1. The summed E-state index contributed by atoms with van der Waals surface area (Å²) in [6.45, 7) is -2.91. The van der Waals surface area contributed by atoms with Crippen LogP contribution < -0.4 is 10.1 Å². The minimum Gasteiger partial charge on any atom is -0.435 e. The number of anilines is 1. The summed E-state index contributed by atoms with van der Waals surface area (Å²) in [5, 5.41) is 5.12. The average molecular weight is 310 g/mol. The molecule has 0 atom stereocenters. The van der Waals surface area contributed by atoms with E-state index in [0.717, 1.165) is 18.5 Å². The van der Waals surface area contributed by atoms with Crippen LogP contribution in [0.25, 0.3) is 0 Å². The number of amides is 1. The van der Waals surface area contributed by atoms with Crippen LogP contribution in [0.1, 0.15) is 34.8 Å². The predicted molar refractivity (Wildman–Crippen MR) is 75.1 cm³/mol. The third-order valence-electron chi connectivity index (χ3n) is 3.06. The van der Waals surface area contributed by atoms with E-state index in [-0.39, 0.29) is 11.3 Å². The number of thiazole rings is 1. The van der Waals surface area contributed by atoms with Crippen molar-refractivity contribution in [1.82, 2.24) is 4.98 Å². The van der Waals surface area contributed by atoms with Crippen molar-refractivity contribution in [2.24, 2.45) is 0 Å². The lowest BCUT2D eigenvalue weighted by Gasteiger charge is -2.06. The third-order valence-corrected chi connectivity index (χ3v) is 3.84. The standard InChI is InChI=1S/C14H12F2N2O2S/c15-13(16)20-10-3-1-2-9(6-10)12(19)18-14-17-11(7-21-14)8-4-5-8/h1-3,6-8,13H,4-5H2,(H,17,18,19). The molecule has 1 aliphatic carbocycles. The highest BCUT2D eigenvalue weighted by molar-refractivity contribution is 7.14. The van der Waals surface area contributed by atoms with Gasteiger partial charge in [-0.1, -0.05) is 6.07 Å². The molecule has 0 aliphatic heterocycles. The predicted octanol–water partition coefficient (Wildman–Crippen LogP) is 3.87. The van der Waals surface area contributed by atoms with Gasteiger partial charge in [-0.3, -0.25) is 10.1 Å². The number of hydrogen-bond donors (Lipinski definition) is 1. The van der Waals surface area contributed by atoms with Gasteiger partial charge in [0, 0.05) is 16.9 Å². The van der Waals surface area contributed by atoms with E-state index in [0.29, 0.717) is 11.0 Å². The Hall–Kier alpha value is -2.02. The van der Waals surface area contributed by atoms with Crippen LogP contribution in [-0.2, 0) is 0 Å². The number of rotatable bonds is 5. The minimum absolute atomic E-state index is 0.0459. The number of alkyl halides is 2. The molecule has 0 unspecified atom stereocenters. The Kier molecular flexibility index (Phi) is 3.83. The molecule has 1 saturated carbocycles. The van der Waals surface area contributed by atoms with Gasteiger partial charge >= 0.3 is 6.61 Å². The minimum atomic E-state index is -2.91. The fraction of sp³-hybridized carbons (Fsp3) is 0.286. The summed E-state index contributed by atoms with van der Waals surface area (Å²) in [7, 11) is 0. The van der Waals surface area contributed by atoms with E-state index >= 15 is 0 Å². The van der Waals surface area contributed by atoms with Crippen LogP contribution in [0.2, 0.25) is 0 Å². The summed E-state index contributed by atoms with van der Waals surface area (Å²) in [4.78, 5) is 16.4. The smallest absolute Gasteiger partial charge is 0.387 e. The second kappa shape index (κ2) is 5.77. The zero-order chi connectivity index (χ0) is 14.8. The summed E-state index contributed by atoms with van der Waals surface area (Å²) in [5.74, 6) is 0.0801. The Balaban J connectivity index is 1.68. The number of nitrogens with one attached hydrogen (secondary N) is 1. The Morgan fingerprint density at radius 3 is 2.95 bits per heavy atom. The van der Waals surface area contributed by atoms with Crippen LogP contribution in [0.4, 0.5) is 13.9 Å². The zero-order valence-electron chi connectivity index (χ0n) is 10.9. The Labute approximate surface area is 123 Å². The van der Waals surface area contributed by atoms with Crippen LogP contribution in [0, 0.1) is 0 Å². The van der Waals surface area contributed by atoms with Crippen molar-refractivity contribution in [2.75, 3.05) is 5.32 Å². The van der Waals surface area contributed by atoms with E-state index in [9.17, 15) is 13.6 Å². The molecule has 1 amide bonds. The number of ether oxygens (including phenoxy) is 1. The molecule has 1 heterocycles. The van der Waals surface area contributed by atoms with Gasteiger partial charge in [-0.2, -0.15) is 8.78 Å². The molecule has 4 nitrogen and oxygen atoms in total. The second-order valence-electron chi connectivity index (χ2n) is 4.71. The van der Waals surface area contributed by atoms with Crippen LogP contribution in [-0.4, -0.2) is 17.5 Å². The highest BCUT2D eigenvalue weighted by atomic mass is 32.1. The molecule has 0 bridgehead atoms. The summed E-state index contributed by atoms with van der Waals surface area (Å²) in [6, 6.07) is 5.67. The van der Waals surface area contributed by atoms with Crippen LogP contribution in [0.5, 0.6) is 5.75 Å². The molecule has 1 fully saturated rings. The topological polar surface area (TPSA) is 51.2 Å². The van der Waals surface area contributed by atoms with Crippen LogP contribution >= 0.6 is 11.3 Å². The molecule has 3 rings (SSSR count). The zero-order valence-corrected chi connectivity index (χ0v) is 11.7. The Morgan fingerprint density at radius 2 is 2.24 bits per heavy atom. The van der Waals surface area contributed by atoms with Crippen LogP contribution in [0.3, 0.4) is 0 Å². The number of carbonyl (C=O) groups is 1. The van der Waals surface area contributed by atoms with Gasteiger partial charge in [-0.25, -0.2) is 4.98 Å². The lowest BCUT2D eigenvalue weighted by atomic mass is 10.2. The highest BCUT2D eigenvalue weighted by Gasteiger charge is 2.26. The van der Waals surface area contributed by atoms with E-state index in [1.54, 1.807) is 0 Å². The van der Waals surface area contributed by atoms with Gasteiger partial charge in [0.2, 0.25) is 0 Å². The van der Waals surface area contributed by atoms with Crippen molar-refractivity contribution < 1.29 is 18.3 Å². The first-order valence-corrected chi connectivity index (χ1v) is 7.31. The van der Waals surface area contributed by atoms with Gasteiger partial charge < -0.3 is 4.74 Å². The lowest BCUT2D eigenvalue weighted by Crippen LogP contribution is -2.12. The fourth-order valence-electron chi connectivity index (χ4n) is 1.89. The first-order valence-electron chi connectivity index (χ1n) is 6.43. The molecule has 1 aromatic heterocycles. The number of nitrogens with zero attached hydrogens (tertiary/aromatic N) is 1. The van der Waals surface area contributed by atoms with E-state index in [2.05, 4.69) is 15.0 Å². The summed E-state index contributed by atoms with van der Waals surface area (Å²) in [6.07, 6.45) is 2.29. The van der Waals surface area contributed by atoms with Crippen molar-refractivity contribution in [3.8, 4) is 5.75 Å². The number of aromatic nitrogens is 1. The summed E-state index contributed by atoms with van der Waals surface area (Å²) in [5.41, 5.74) is 1.25. The molecule has 0 spiro atoms. The molecule has 0 saturated heterocycles. The van der Waals surface area contributed by atoms with Crippen molar-refractivity contribution in [3.63, 3.8) is 0 Å². The van der Waals surface area contributed by atoms with Gasteiger partial charge in [0.05, 0.1) is 5.69 Å². The molecule has 2 aromatic rings. The maximum Gasteiger partial charge on any atom is 0.387 e. The van der Waals surface area contributed by atoms with Crippen molar-refractivity contribution in [2.45, 2.75) is 25.4 Å². The molecular weight excluding hydrogens is 298 g/mol. The molecule has 1 aliphatic rings. The fourth-order valence-corrected chi connectivity index (χ4v) is 2.68. The molecule has 7 heteroatoms. The third kappa shape index (κ3) is 3.55. The van der Waals surface area contributed by atoms with Crippen molar-refractivity contribution >= 4 is 22.4 Å². The Morgan fingerprint density at radius 1 is 1.43 bits per heavy atom. The quantitative estimate of drug-likeness (QED) is 0.912. The van der Waals surface area contributed by atoms with Crippen molar-refractivity contribution in [3.05, 3.63) is 40.9 Å². The van der Waals surface area contributed by atoms with Gasteiger partial charge in [0.1, 0.15) is 5.75 Å². The van der Waals surface area contributed by atoms with Crippen molar-refractivity contribution in [1.29, 1.82) is 0 Å². The lowest BCUT2D eigenvalue weighted by molar-refractivity contribution is -0.0498. The molecule has 0 radical (unpaired) electrons. The number of hydrogen-bond acceptors (Lipinski definition) is 4. The number of halogens is 2. The molecule has 1 aromatic carbocycles.